The Morgan fingerprint density at radius 3 is 2.17 bits per heavy atom. The molecule has 1 aromatic carbocycles. The molecule has 5 nitrogen and oxygen atoms in total. The molecule has 3 rings (SSSR count). The molecule has 170 valence electrons. The fourth-order valence-electron chi connectivity index (χ4n) is 4.51. The Morgan fingerprint density at radius 2 is 1.57 bits per heavy atom. The molecule has 0 saturated carbocycles. The monoisotopic (exact) mass is 527 g/mol. The zero-order chi connectivity index (χ0) is 20.3. The van der Waals surface area contributed by atoms with Crippen LogP contribution >= 0.6 is 24.0 Å². The summed E-state index contributed by atoms with van der Waals surface area (Å²) in [5.41, 5.74) is 2.74. The first-order valence-electron chi connectivity index (χ1n) is 11.8. The normalized spacial score (nSPS) is 19.7. The number of rotatable bonds is 7. The second-order valence-electron chi connectivity index (χ2n) is 8.69. The van der Waals surface area contributed by atoms with E-state index in [9.17, 15) is 0 Å². The second-order valence-corrected chi connectivity index (χ2v) is 8.69. The van der Waals surface area contributed by atoms with Crippen LogP contribution < -0.4 is 10.6 Å². The van der Waals surface area contributed by atoms with Crippen molar-refractivity contribution < 1.29 is 0 Å². The van der Waals surface area contributed by atoms with Crippen molar-refractivity contribution in [3.8, 4) is 0 Å². The van der Waals surface area contributed by atoms with Crippen LogP contribution in [0.4, 0.5) is 0 Å². The van der Waals surface area contributed by atoms with Gasteiger partial charge in [0.2, 0.25) is 0 Å². The molecular weight excluding hydrogens is 485 g/mol. The predicted octanol–water partition coefficient (Wildman–Crippen LogP) is 4.22. The Labute approximate surface area is 201 Å². The molecule has 2 heterocycles. The van der Waals surface area contributed by atoms with Gasteiger partial charge in [0.1, 0.15) is 0 Å². The maximum Gasteiger partial charge on any atom is 0.191 e. The van der Waals surface area contributed by atoms with Gasteiger partial charge in [0.15, 0.2) is 5.96 Å². The van der Waals surface area contributed by atoms with E-state index in [4.69, 9.17) is 0 Å². The summed E-state index contributed by atoms with van der Waals surface area (Å²) in [5, 5.41) is 7.11. The molecule has 2 aliphatic rings. The standard InChI is InChI=1S/C24H41N5.HI/c1-3-14-28-17-12-23(13-18-28)27-24(25-2)26-19-21-8-10-22(11-9-21)20-29-15-6-4-5-7-16-29;/h8-11,23H,3-7,12-20H2,1-2H3,(H2,25,26,27);1H. The van der Waals surface area contributed by atoms with Gasteiger partial charge in [-0.25, -0.2) is 0 Å². The summed E-state index contributed by atoms with van der Waals surface area (Å²) in [4.78, 5) is 9.61. The SMILES string of the molecule is CCCN1CCC(NC(=NC)NCc2ccc(CN3CCCCCC3)cc2)CC1.I. The van der Waals surface area contributed by atoms with Crippen molar-refractivity contribution in [1.29, 1.82) is 0 Å². The second kappa shape index (κ2) is 14.2. The van der Waals surface area contributed by atoms with E-state index in [1.807, 2.05) is 7.05 Å². The fraction of sp³-hybridized carbons (Fsp3) is 0.708. The first-order chi connectivity index (χ1) is 14.3. The minimum Gasteiger partial charge on any atom is -0.354 e. The zero-order valence-electron chi connectivity index (χ0n) is 19.0. The predicted molar refractivity (Wildman–Crippen MR) is 139 cm³/mol. The van der Waals surface area contributed by atoms with E-state index in [2.05, 4.69) is 56.6 Å². The molecule has 2 fully saturated rings. The van der Waals surface area contributed by atoms with Crippen molar-refractivity contribution in [3.63, 3.8) is 0 Å². The van der Waals surface area contributed by atoms with E-state index in [-0.39, 0.29) is 24.0 Å². The van der Waals surface area contributed by atoms with Gasteiger partial charge >= 0.3 is 0 Å². The summed E-state index contributed by atoms with van der Waals surface area (Å²) in [7, 11) is 1.87. The third-order valence-electron chi connectivity index (χ3n) is 6.28. The third-order valence-corrected chi connectivity index (χ3v) is 6.28. The first-order valence-corrected chi connectivity index (χ1v) is 11.8. The molecule has 30 heavy (non-hydrogen) atoms. The number of nitrogens with zero attached hydrogens (tertiary/aromatic N) is 3. The smallest absolute Gasteiger partial charge is 0.191 e. The number of guanidine groups is 1. The maximum absolute atomic E-state index is 4.43. The van der Waals surface area contributed by atoms with Gasteiger partial charge in [0, 0.05) is 39.3 Å². The van der Waals surface area contributed by atoms with Crippen LogP contribution in [0.15, 0.2) is 29.3 Å². The van der Waals surface area contributed by atoms with Crippen molar-refractivity contribution in [3.05, 3.63) is 35.4 Å². The molecule has 0 bridgehead atoms. The lowest BCUT2D eigenvalue weighted by atomic mass is 10.1. The minimum absolute atomic E-state index is 0. The fourth-order valence-corrected chi connectivity index (χ4v) is 4.51. The van der Waals surface area contributed by atoms with Gasteiger partial charge in [-0.15, -0.1) is 24.0 Å². The third kappa shape index (κ3) is 8.71. The van der Waals surface area contributed by atoms with E-state index < -0.39 is 0 Å². The Hall–Kier alpha value is -0.860. The summed E-state index contributed by atoms with van der Waals surface area (Å²) in [6.07, 6.45) is 9.15. The number of aliphatic imine (C=N–C) groups is 1. The van der Waals surface area contributed by atoms with Crippen LogP contribution in [0.25, 0.3) is 0 Å². The molecule has 0 radical (unpaired) electrons. The van der Waals surface area contributed by atoms with Crippen LogP contribution in [-0.4, -0.2) is 61.6 Å². The molecular formula is C24H42IN5. The summed E-state index contributed by atoms with van der Waals surface area (Å²) >= 11 is 0. The largest absolute Gasteiger partial charge is 0.354 e. The van der Waals surface area contributed by atoms with Crippen molar-refractivity contribution in [2.75, 3.05) is 39.8 Å². The van der Waals surface area contributed by atoms with Gasteiger partial charge in [-0.3, -0.25) is 9.89 Å². The molecule has 0 aliphatic carbocycles. The molecule has 0 spiro atoms. The van der Waals surface area contributed by atoms with Gasteiger partial charge < -0.3 is 15.5 Å². The highest BCUT2D eigenvalue weighted by molar-refractivity contribution is 14.0. The number of benzene rings is 1. The number of piperidine rings is 1. The van der Waals surface area contributed by atoms with Crippen LogP contribution in [0.5, 0.6) is 0 Å². The van der Waals surface area contributed by atoms with Gasteiger partial charge in [-0.2, -0.15) is 0 Å². The average molecular weight is 528 g/mol. The van der Waals surface area contributed by atoms with E-state index in [0.29, 0.717) is 6.04 Å². The Morgan fingerprint density at radius 1 is 0.933 bits per heavy atom. The van der Waals surface area contributed by atoms with Crippen LogP contribution in [0.1, 0.15) is 63.0 Å². The number of hydrogen-bond acceptors (Lipinski definition) is 3. The highest BCUT2D eigenvalue weighted by Crippen LogP contribution is 2.14. The Balaban J connectivity index is 0.00000320. The van der Waals surface area contributed by atoms with Crippen LogP contribution in [0.3, 0.4) is 0 Å². The number of hydrogen-bond donors (Lipinski definition) is 2. The van der Waals surface area contributed by atoms with Crippen molar-refractivity contribution in [2.24, 2.45) is 4.99 Å². The van der Waals surface area contributed by atoms with Gasteiger partial charge in [-0.1, -0.05) is 44.0 Å². The Kier molecular flexibility index (Phi) is 12.1. The average Bonchev–Trinajstić information content (AvgIpc) is 3.02. The van der Waals surface area contributed by atoms with E-state index in [0.717, 1.165) is 19.0 Å². The lowest BCUT2D eigenvalue weighted by molar-refractivity contribution is 0.206. The van der Waals surface area contributed by atoms with Crippen molar-refractivity contribution in [2.45, 2.75) is 71.0 Å². The van der Waals surface area contributed by atoms with Gasteiger partial charge in [-0.05, 0) is 62.9 Å². The van der Waals surface area contributed by atoms with Crippen molar-refractivity contribution >= 4 is 29.9 Å². The van der Waals surface area contributed by atoms with E-state index in [1.165, 1.54) is 88.8 Å². The van der Waals surface area contributed by atoms with Gasteiger partial charge in [0.05, 0.1) is 0 Å². The lowest BCUT2D eigenvalue weighted by Gasteiger charge is -2.32. The number of halogens is 1. The summed E-state index contributed by atoms with van der Waals surface area (Å²) < 4.78 is 0. The molecule has 2 aliphatic heterocycles. The molecule has 2 saturated heterocycles. The van der Waals surface area contributed by atoms with Crippen molar-refractivity contribution in [1.82, 2.24) is 20.4 Å². The van der Waals surface area contributed by atoms with E-state index >= 15 is 0 Å². The molecule has 0 unspecified atom stereocenters. The number of likely N-dealkylation sites (tertiary alicyclic amines) is 2. The zero-order valence-corrected chi connectivity index (χ0v) is 21.4. The highest BCUT2D eigenvalue weighted by atomic mass is 127. The molecule has 2 N–H and O–H groups in total. The molecule has 1 aromatic rings. The molecule has 0 amide bonds. The summed E-state index contributed by atoms with van der Waals surface area (Å²) in [6.45, 7) is 10.3. The van der Waals surface area contributed by atoms with Crippen LogP contribution in [-0.2, 0) is 13.1 Å². The topological polar surface area (TPSA) is 42.9 Å². The summed E-state index contributed by atoms with van der Waals surface area (Å²) in [6, 6.07) is 9.64. The molecule has 0 atom stereocenters. The van der Waals surface area contributed by atoms with E-state index in [1.54, 1.807) is 0 Å². The van der Waals surface area contributed by atoms with Crippen LogP contribution in [0, 0.1) is 0 Å². The van der Waals surface area contributed by atoms with Gasteiger partial charge in [0.25, 0.3) is 0 Å². The first kappa shape index (κ1) is 25.4. The minimum atomic E-state index is 0. The summed E-state index contributed by atoms with van der Waals surface area (Å²) in [5.74, 6) is 0.924. The highest BCUT2D eigenvalue weighted by Gasteiger charge is 2.19. The maximum atomic E-state index is 4.43. The quantitative estimate of drug-likeness (QED) is 0.317. The molecule has 6 heteroatoms. The Bertz CT molecular complexity index is 603. The number of nitrogens with one attached hydrogen (secondary N) is 2. The lowest BCUT2D eigenvalue weighted by Crippen LogP contribution is -2.48. The molecule has 0 aromatic heterocycles. The van der Waals surface area contributed by atoms with Crippen LogP contribution in [0.2, 0.25) is 0 Å².